The van der Waals surface area contributed by atoms with Gasteiger partial charge in [-0.05, 0) is 67.2 Å². The van der Waals surface area contributed by atoms with Crippen LogP contribution in [0.4, 0.5) is 4.39 Å². The molecule has 0 amide bonds. The van der Waals surface area contributed by atoms with Crippen LogP contribution in [-0.2, 0) is 23.2 Å². The quantitative estimate of drug-likeness (QED) is 0.778. The van der Waals surface area contributed by atoms with E-state index in [2.05, 4.69) is 10.2 Å². The van der Waals surface area contributed by atoms with E-state index in [4.69, 9.17) is 23.2 Å². The molecule has 2 aliphatic rings. The molecule has 1 unspecified atom stereocenters. The number of fused-ring (bicyclic) bond motifs is 1. The number of Topliss-reactive ketones (excluding diaryl/α,β-unsaturated/α-hetero) is 1. The second-order valence-corrected chi connectivity index (χ2v) is 8.49. The predicted octanol–water partition coefficient (Wildman–Crippen LogP) is 4.38. The Balaban J connectivity index is 1.73. The van der Waals surface area contributed by atoms with Gasteiger partial charge in [0, 0.05) is 19.5 Å². The van der Waals surface area contributed by atoms with Crippen molar-refractivity contribution in [2.75, 3.05) is 26.2 Å². The van der Waals surface area contributed by atoms with Crippen LogP contribution in [0.2, 0.25) is 10.0 Å². The topological polar surface area (TPSA) is 32.3 Å². The minimum Gasteiger partial charge on any atom is -0.301 e. The number of likely N-dealkylation sites (tertiary alicyclic amines) is 1. The average molecular weight is 421 g/mol. The molecule has 0 aliphatic carbocycles. The summed E-state index contributed by atoms with van der Waals surface area (Å²) < 4.78 is 14.5. The van der Waals surface area contributed by atoms with Crippen molar-refractivity contribution < 1.29 is 9.18 Å². The van der Waals surface area contributed by atoms with Gasteiger partial charge in [0.2, 0.25) is 0 Å². The lowest BCUT2D eigenvalue weighted by molar-refractivity contribution is -0.126. The number of halogens is 3. The third-order valence-corrected chi connectivity index (χ3v) is 6.60. The van der Waals surface area contributed by atoms with Gasteiger partial charge in [0.15, 0.2) is 5.78 Å². The second-order valence-electron chi connectivity index (χ2n) is 7.68. The number of hydrogen-bond acceptors (Lipinski definition) is 3. The fourth-order valence-corrected chi connectivity index (χ4v) is 4.77. The summed E-state index contributed by atoms with van der Waals surface area (Å²) in [5.74, 6) is -0.198. The van der Waals surface area contributed by atoms with Crippen molar-refractivity contribution in [1.29, 1.82) is 0 Å². The molecule has 1 fully saturated rings. The first kappa shape index (κ1) is 19.8. The van der Waals surface area contributed by atoms with Crippen molar-refractivity contribution >= 4 is 29.0 Å². The largest absolute Gasteiger partial charge is 0.301 e. The highest BCUT2D eigenvalue weighted by molar-refractivity contribution is 6.42. The highest BCUT2D eigenvalue weighted by atomic mass is 35.5. The molecule has 2 aromatic rings. The molecule has 1 atom stereocenters. The maximum atomic E-state index is 14.5. The van der Waals surface area contributed by atoms with E-state index in [0.717, 1.165) is 37.1 Å². The summed E-state index contributed by atoms with van der Waals surface area (Å²) in [5, 5.41) is 4.37. The van der Waals surface area contributed by atoms with Crippen molar-refractivity contribution in [3.05, 3.63) is 69.0 Å². The molecule has 6 heteroatoms. The Labute approximate surface area is 174 Å². The normalized spacial score (nSPS) is 22.2. The Bertz CT molecular complexity index is 898. The zero-order chi connectivity index (χ0) is 19.7. The summed E-state index contributed by atoms with van der Waals surface area (Å²) in [6.45, 7) is 3.07. The van der Waals surface area contributed by atoms with Crippen molar-refractivity contribution in [1.82, 2.24) is 10.2 Å². The molecular formula is C22H23Cl2FN2O. The van der Waals surface area contributed by atoms with Crippen molar-refractivity contribution in [2.45, 2.75) is 31.2 Å². The molecule has 3 nitrogen and oxygen atoms in total. The average Bonchev–Trinajstić information content (AvgIpc) is 3.18. The van der Waals surface area contributed by atoms with Crippen LogP contribution in [0.5, 0.6) is 0 Å². The minimum atomic E-state index is -0.911. The summed E-state index contributed by atoms with van der Waals surface area (Å²) in [5.41, 5.74) is 1.33. The lowest BCUT2D eigenvalue weighted by Crippen LogP contribution is -2.59. The van der Waals surface area contributed by atoms with Crippen LogP contribution < -0.4 is 5.32 Å². The van der Waals surface area contributed by atoms with E-state index in [0.29, 0.717) is 35.1 Å². The van der Waals surface area contributed by atoms with Crippen molar-refractivity contribution in [2.24, 2.45) is 0 Å². The zero-order valence-corrected chi connectivity index (χ0v) is 17.1. The van der Waals surface area contributed by atoms with Gasteiger partial charge >= 0.3 is 0 Å². The highest BCUT2D eigenvalue weighted by Gasteiger charge is 2.45. The van der Waals surface area contributed by atoms with Crippen molar-refractivity contribution in [3.8, 4) is 0 Å². The van der Waals surface area contributed by atoms with Crippen LogP contribution in [0.1, 0.15) is 29.5 Å². The predicted molar refractivity (Wildman–Crippen MR) is 111 cm³/mol. The van der Waals surface area contributed by atoms with Crippen LogP contribution in [0.3, 0.4) is 0 Å². The van der Waals surface area contributed by atoms with Gasteiger partial charge in [-0.3, -0.25) is 10.1 Å². The van der Waals surface area contributed by atoms with Crippen LogP contribution >= 0.6 is 23.2 Å². The summed E-state index contributed by atoms with van der Waals surface area (Å²) in [6.07, 6.45) is 3.07. The fraction of sp³-hybridized carbons (Fsp3) is 0.409. The third-order valence-electron chi connectivity index (χ3n) is 5.86. The van der Waals surface area contributed by atoms with Gasteiger partial charge in [0.1, 0.15) is 11.4 Å². The van der Waals surface area contributed by atoms with Gasteiger partial charge in [-0.1, -0.05) is 41.4 Å². The number of ketones is 1. The number of nitrogens with zero attached hydrogens (tertiary/aromatic N) is 1. The molecule has 1 saturated heterocycles. The Kier molecular flexibility index (Phi) is 5.75. The van der Waals surface area contributed by atoms with E-state index in [1.807, 2.05) is 12.1 Å². The minimum absolute atomic E-state index is 0.0318. The summed E-state index contributed by atoms with van der Waals surface area (Å²) in [7, 11) is 0. The summed E-state index contributed by atoms with van der Waals surface area (Å²) >= 11 is 12.2. The van der Waals surface area contributed by atoms with Crippen LogP contribution in [0, 0.1) is 5.82 Å². The maximum Gasteiger partial charge on any atom is 0.163 e. The second kappa shape index (κ2) is 8.11. The van der Waals surface area contributed by atoms with E-state index in [1.54, 1.807) is 18.2 Å². The Morgan fingerprint density at radius 3 is 2.68 bits per heavy atom. The molecule has 0 saturated carbocycles. The number of carbonyl (C=O) groups is 1. The standard InChI is InChI=1S/C22H23Cl2FN2O/c23-18-7-6-15(12-19(18)24)13-21(28)22(14-27-10-1-2-11-27)17-4-3-5-20(25)16(17)8-9-26-22/h3-7,12,26H,1-2,8-11,13-14H2. The summed E-state index contributed by atoms with van der Waals surface area (Å²) in [6, 6.07) is 10.3. The van der Waals surface area contributed by atoms with Crippen LogP contribution in [0.25, 0.3) is 0 Å². The fourth-order valence-electron chi connectivity index (χ4n) is 4.45. The molecule has 1 N–H and O–H groups in total. The molecule has 0 aromatic heterocycles. The van der Waals surface area contributed by atoms with E-state index in [-0.39, 0.29) is 18.0 Å². The monoisotopic (exact) mass is 420 g/mol. The molecule has 0 spiro atoms. The molecule has 148 valence electrons. The number of carbonyl (C=O) groups excluding carboxylic acids is 1. The van der Waals surface area contributed by atoms with E-state index < -0.39 is 5.54 Å². The SMILES string of the molecule is O=C(Cc1ccc(Cl)c(Cl)c1)C1(CN2CCCC2)NCCc2c(F)cccc21. The summed E-state index contributed by atoms with van der Waals surface area (Å²) in [4.78, 5) is 16.0. The lowest BCUT2D eigenvalue weighted by atomic mass is 9.77. The number of nitrogens with one attached hydrogen (secondary N) is 1. The van der Waals surface area contributed by atoms with E-state index >= 15 is 0 Å². The Morgan fingerprint density at radius 1 is 1.14 bits per heavy atom. The van der Waals surface area contributed by atoms with Gasteiger partial charge in [0.05, 0.1) is 10.0 Å². The van der Waals surface area contributed by atoms with Crippen LogP contribution in [-0.4, -0.2) is 36.9 Å². The third kappa shape index (κ3) is 3.71. The molecule has 4 rings (SSSR count). The number of benzene rings is 2. The number of rotatable bonds is 5. The van der Waals surface area contributed by atoms with E-state index in [1.165, 1.54) is 6.07 Å². The number of hydrogen-bond donors (Lipinski definition) is 1. The van der Waals surface area contributed by atoms with Gasteiger partial charge in [0.25, 0.3) is 0 Å². The molecule has 28 heavy (non-hydrogen) atoms. The van der Waals surface area contributed by atoms with Gasteiger partial charge in [-0.25, -0.2) is 4.39 Å². The Hall–Kier alpha value is -1.46. The van der Waals surface area contributed by atoms with E-state index in [9.17, 15) is 9.18 Å². The highest BCUT2D eigenvalue weighted by Crippen LogP contribution is 2.34. The molecular weight excluding hydrogens is 398 g/mol. The first-order chi connectivity index (χ1) is 13.5. The van der Waals surface area contributed by atoms with Crippen molar-refractivity contribution in [3.63, 3.8) is 0 Å². The lowest BCUT2D eigenvalue weighted by Gasteiger charge is -2.41. The molecule has 2 aromatic carbocycles. The smallest absolute Gasteiger partial charge is 0.163 e. The van der Waals surface area contributed by atoms with Gasteiger partial charge in [-0.15, -0.1) is 0 Å². The Morgan fingerprint density at radius 2 is 1.93 bits per heavy atom. The van der Waals surface area contributed by atoms with Gasteiger partial charge < -0.3 is 4.90 Å². The molecule has 2 aliphatic heterocycles. The zero-order valence-electron chi connectivity index (χ0n) is 15.6. The first-order valence-electron chi connectivity index (χ1n) is 9.72. The van der Waals surface area contributed by atoms with Gasteiger partial charge in [-0.2, -0.15) is 0 Å². The first-order valence-corrected chi connectivity index (χ1v) is 10.5. The molecule has 0 radical (unpaired) electrons. The maximum absolute atomic E-state index is 14.5. The van der Waals surface area contributed by atoms with Crippen LogP contribution in [0.15, 0.2) is 36.4 Å². The molecule has 0 bridgehead atoms. The molecule has 2 heterocycles.